The fourth-order valence-corrected chi connectivity index (χ4v) is 1.86. The lowest BCUT2D eigenvalue weighted by Gasteiger charge is -2.11. The van der Waals surface area contributed by atoms with Crippen LogP contribution in [0.25, 0.3) is 0 Å². The van der Waals surface area contributed by atoms with Gasteiger partial charge in [-0.3, -0.25) is 9.59 Å². The van der Waals surface area contributed by atoms with Crippen molar-refractivity contribution in [3.8, 4) is 0 Å². The number of aliphatic carboxylic acids is 2. The molecule has 0 heterocycles. The second kappa shape index (κ2) is 10.1. The molecule has 1 unspecified atom stereocenters. The van der Waals surface area contributed by atoms with Gasteiger partial charge in [0.15, 0.2) is 0 Å². The molecule has 0 bridgehead atoms. The quantitative estimate of drug-likeness (QED) is 0.547. The smallest absolute Gasteiger partial charge is 0.306 e. The number of carbonyl (C=O) groups is 2. The molecular weight excluding hydrogens is 220 g/mol. The molecule has 4 nitrogen and oxygen atoms in total. The minimum absolute atomic E-state index is 0.213. The molecule has 0 saturated heterocycles. The van der Waals surface area contributed by atoms with Crippen LogP contribution >= 0.6 is 0 Å². The third kappa shape index (κ3) is 9.85. The average molecular weight is 244 g/mol. The lowest BCUT2D eigenvalue weighted by Crippen LogP contribution is -2.13. The normalized spacial score (nSPS) is 12.3. The van der Waals surface area contributed by atoms with Crippen LogP contribution in [0.4, 0.5) is 0 Å². The van der Waals surface area contributed by atoms with Crippen molar-refractivity contribution in [2.24, 2.45) is 5.92 Å². The van der Waals surface area contributed by atoms with Crippen molar-refractivity contribution in [2.45, 2.75) is 64.7 Å². The molecule has 17 heavy (non-hydrogen) atoms. The Morgan fingerprint density at radius 1 is 0.941 bits per heavy atom. The highest BCUT2D eigenvalue weighted by molar-refractivity contribution is 5.69. The lowest BCUT2D eigenvalue weighted by molar-refractivity contribution is -0.142. The molecule has 0 radical (unpaired) electrons. The predicted molar refractivity (Wildman–Crippen MR) is 66.0 cm³/mol. The highest BCUT2D eigenvalue weighted by Crippen LogP contribution is 2.17. The number of hydrogen-bond donors (Lipinski definition) is 2. The topological polar surface area (TPSA) is 74.6 Å². The second-order valence-electron chi connectivity index (χ2n) is 4.52. The molecule has 0 rings (SSSR count). The first kappa shape index (κ1) is 15.9. The minimum atomic E-state index is -0.753. The summed E-state index contributed by atoms with van der Waals surface area (Å²) < 4.78 is 0. The highest BCUT2D eigenvalue weighted by atomic mass is 16.4. The monoisotopic (exact) mass is 244 g/mol. The van der Waals surface area contributed by atoms with E-state index >= 15 is 0 Å². The van der Waals surface area contributed by atoms with Gasteiger partial charge in [0, 0.05) is 6.42 Å². The van der Waals surface area contributed by atoms with Gasteiger partial charge in [0.05, 0.1) is 5.92 Å². The Balaban J connectivity index is 3.54. The third-order valence-corrected chi connectivity index (χ3v) is 2.95. The van der Waals surface area contributed by atoms with Crippen molar-refractivity contribution >= 4 is 11.9 Å². The van der Waals surface area contributed by atoms with Crippen LogP contribution in [-0.4, -0.2) is 22.2 Å². The van der Waals surface area contributed by atoms with E-state index in [1.54, 1.807) is 0 Å². The van der Waals surface area contributed by atoms with E-state index in [4.69, 9.17) is 10.2 Å². The van der Waals surface area contributed by atoms with Crippen molar-refractivity contribution in [1.82, 2.24) is 0 Å². The average Bonchev–Trinajstić information content (AvgIpc) is 2.26. The van der Waals surface area contributed by atoms with Gasteiger partial charge in [-0.25, -0.2) is 0 Å². The standard InChI is InChI=1S/C13H24O4/c1-2-3-8-11(13(16)17)9-6-4-5-7-10-12(14)15/h11H,2-10H2,1H3,(H,14,15)(H,16,17). The molecule has 0 fully saturated rings. The molecule has 0 aliphatic heterocycles. The Labute approximate surface area is 103 Å². The minimum Gasteiger partial charge on any atom is -0.481 e. The maximum atomic E-state index is 10.9. The first-order valence-electron chi connectivity index (χ1n) is 6.52. The summed E-state index contributed by atoms with van der Waals surface area (Å²) in [5.74, 6) is -1.66. The van der Waals surface area contributed by atoms with Crippen molar-refractivity contribution in [1.29, 1.82) is 0 Å². The Hall–Kier alpha value is -1.06. The van der Waals surface area contributed by atoms with Gasteiger partial charge in [-0.2, -0.15) is 0 Å². The second-order valence-corrected chi connectivity index (χ2v) is 4.52. The summed E-state index contributed by atoms with van der Waals surface area (Å²) in [6, 6.07) is 0. The molecule has 4 heteroatoms. The van der Waals surface area contributed by atoms with Gasteiger partial charge in [-0.05, 0) is 19.3 Å². The molecule has 0 amide bonds. The molecule has 0 aliphatic rings. The van der Waals surface area contributed by atoms with E-state index in [-0.39, 0.29) is 12.3 Å². The Morgan fingerprint density at radius 3 is 2.06 bits per heavy atom. The fourth-order valence-electron chi connectivity index (χ4n) is 1.86. The van der Waals surface area contributed by atoms with Gasteiger partial charge in [0.2, 0.25) is 0 Å². The molecular formula is C13H24O4. The summed E-state index contributed by atoms with van der Waals surface area (Å²) in [7, 11) is 0. The van der Waals surface area contributed by atoms with Crippen LogP contribution < -0.4 is 0 Å². The Morgan fingerprint density at radius 2 is 1.53 bits per heavy atom. The number of hydrogen-bond acceptors (Lipinski definition) is 2. The predicted octanol–water partition coefficient (Wildman–Crippen LogP) is 3.30. The van der Waals surface area contributed by atoms with E-state index in [9.17, 15) is 9.59 Å². The van der Waals surface area contributed by atoms with Crippen LogP contribution in [0.1, 0.15) is 64.7 Å². The molecule has 0 aromatic heterocycles. The van der Waals surface area contributed by atoms with E-state index in [0.717, 1.165) is 44.9 Å². The van der Waals surface area contributed by atoms with Crippen LogP contribution in [0, 0.1) is 5.92 Å². The van der Waals surface area contributed by atoms with Crippen molar-refractivity contribution < 1.29 is 19.8 Å². The number of unbranched alkanes of at least 4 members (excludes halogenated alkanes) is 4. The summed E-state index contributed by atoms with van der Waals surface area (Å²) in [6.07, 6.45) is 7.11. The summed E-state index contributed by atoms with van der Waals surface area (Å²) in [5.41, 5.74) is 0. The highest BCUT2D eigenvalue weighted by Gasteiger charge is 2.15. The maximum Gasteiger partial charge on any atom is 0.306 e. The summed E-state index contributed by atoms with van der Waals surface area (Å²) >= 11 is 0. The van der Waals surface area contributed by atoms with Crippen molar-refractivity contribution in [3.63, 3.8) is 0 Å². The number of rotatable bonds is 11. The van der Waals surface area contributed by atoms with Crippen LogP contribution in [-0.2, 0) is 9.59 Å². The van der Waals surface area contributed by atoms with Gasteiger partial charge in [-0.15, -0.1) is 0 Å². The van der Waals surface area contributed by atoms with Crippen LogP contribution in [0.5, 0.6) is 0 Å². The number of carboxylic acids is 2. The molecule has 0 aromatic rings. The molecule has 1 atom stereocenters. The first-order valence-corrected chi connectivity index (χ1v) is 6.52. The van der Waals surface area contributed by atoms with E-state index in [1.807, 2.05) is 0 Å². The Kier molecular flexibility index (Phi) is 9.49. The van der Waals surface area contributed by atoms with Gasteiger partial charge in [0.1, 0.15) is 0 Å². The van der Waals surface area contributed by atoms with Crippen molar-refractivity contribution in [3.05, 3.63) is 0 Å². The molecule has 2 N–H and O–H groups in total. The SMILES string of the molecule is CCCCC(CCCCCCC(=O)O)C(=O)O. The van der Waals surface area contributed by atoms with Gasteiger partial charge < -0.3 is 10.2 Å². The van der Waals surface area contributed by atoms with Gasteiger partial charge >= 0.3 is 11.9 Å². The molecule has 0 aromatic carbocycles. The Bertz CT molecular complexity index is 225. The lowest BCUT2D eigenvalue weighted by atomic mass is 9.95. The van der Waals surface area contributed by atoms with Crippen LogP contribution in [0.2, 0.25) is 0 Å². The van der Waals surface area contributed by atoms with Crippen LogP contribution in [0.15, 0.2) is 0 Å². The largest absolute Gasteiger partial charge is 0.481 e. The molecule has 0 spiro atoms. The van der Waals surface area contributed by atoms with E-state index in [0.29, 0.717) is 6.42 Å². The van der Waals surface area contributed by atoms with E-state index in [2.05, 4.69) is 6.92 Å². The van der Waals surface area contributed by atoms with Crippen LogP contribution in [0.3, 0.4) is 0 Å². The first-order chi connectivity index (χ1) is 8.07. The van der Waals surface area contributed by atoms with Crippen molar-refractivity contribution in [2.75, 3.05) is 0 Å². The zero-order valence-corrected chi connectivity index (χ0v) is 10.7. The molecule has 100 valence electrons. The summed E-state index contributed by atoms with van der Waals surface area (Å²) in [4.78, 5) is 21.2. The molecule has 0 aliphatic carbocycles. The maximum absolute atomic E-state index is 10.9. The van der Waals surface area contributed by atoms with Gasteiger partial charge in [0.25, 0.3) is 0 Å². The zero-order valence-electron chi connectivity index (χ0n) is 10.7. The van der Waals surface area contributed by atoms with E-state index in [1.165, 1.54) is 0 Å². The number of carboxylic acid groups (broad SMARTS) is 2. The zero-order chi connectivity index (χ0) is 13.1. The summed E-state index contributed by atoms with van der Waals surface area (Å²) in [6.45, 7) is 2.06. The summed E-state index contributed by atoms with van der Waals surface area (Å²) in [5, 5.41) is 17.4. The fraction of sp³-hybridized carbons (Fsp3) is 0.846. The van der Waals surface area contributed by atoms with Gasteiger partial charge in [-0.1, -0.05) is 39.0 Å². The third-order valence-electron chi connectivity index (χ3n) is 2.95. The van der Waals surface area contributed by atoms with E-state index < -0.39 is 11.9 Å². The molecule has 0 saturated carbocycles.